The molecule has 0 aliphatic carbocycles. The van der Waals surface area contributed by atoms with Gasteiger partial charge in [-0.25, -0.2) is 0 Å². The second-order valence-corrected chi connectivity index (χ2v) is 3.07. The van der Waals surface area contributed by atoms with Gasteiger partial charge in [-0.15, -0.1) is 6.58 Å². The molecule has 0 radical (unpaired) electrons. The fourth-order valence-electron chi connectivity index (χ4n) is 1.20. The average molecular weight is 188 g/mol. The molecule has 0 aliphatic heterocycles. The lowest BCUT2D eigenvalue weighted by Crippen LogP contribution is -2.03. The summed E-state index contributed by atoms with van der Waals surface area (Å²) in [6, 6.07) is 7.60. The van der Waals surface area contributed by atoms with E-state index in [9.17, 15) is 9.59 Å². The van der Waals surface area contributed by atoms with Crippen LogP contribution in [0.3, 0.4) is 0 Å². The van der Waals surface area contributed by atoms with E-state index in [0.717, 1.165) is 17.5 Å². The minimum atomic E-state index is -0.388. The van der Waals surface area contributed by atoms with Crippen molar-refractivity contribution in [2.75, 3.05) is 0 Å². The molecular weight excluding hydrogens is 176 g/mol. The maximum absolute atomic E-state index is 10.8. The molecule has 2 nitrogen and oxygen atoms in total. The normalized spacial score (nSPS) is 9.43. The maximum atomic E-state index is 10.8. The van der Waals surface area contributed by atoms with Gasteiger partial charge < -0.3 is 0 Å². The van der Waals surface area contributed by atoms with Crippen LogP contribution in [-0.4, -0.2) is 12.1 Å². The van der Waals surface area contributed by atoms with E-state index in [2.05, 4.69) is 6.58 Å². The molecule has 0 atom stereocenters. The van der Waals surface area contributed by atoms with Gasteiger partial charge in [-0.3, -0.25) is 9.59 Å². The largest absolute Gasteiger partial charge is 0.295 e. The molecule has 72 valence electrons. The fourth-order valence-corrected chi connectivity index (χ4v) is 1.20. The lowest BCUT2D eigenvalue weighted by atomic mass is 10.1. The quantitative estimate of drug-likeness (QED) is 0.400. The van der Waals surface area contributed by atoms with Crippen molar-refractivity contribution in [2.45, 2.75) is 12.8 Å². The summed E-state index contributed by atoms with van der Waals surface area (Å²) >= 11 is 0. The van der Waals surface area contributed by atoms with Crippen LogP contribution >= 0.6 is 0 Å². The summed E-state index contributed by atoms with van der Waals surface area (Å²) in [6.07, 6.45) is 3.20. The van der Waals surface area contributed by atoms with Crippen molar-refractivity contribution >= 4 is 12.1 Å². The van der Waals surface area contributed by atoms with Crippen LogP contribution in [0.1, 0.15) is 11.1 Å². The minimum absolute atomic E-state index is 0.192. The molecule has 0 unspecified atom stereocenters. The van der Waals surface area contributed by atoms with Gasteiger partial charge in [0.25, 0.3) is 0 Å². The highest BCUT2D eigenvalue weighted by atomic mass is 16.2. The first-order valence-corrected chi connectivity index (χ1v) is 4.43. The lowest BCUT2D eigenvalue weighted by Gasteiger charge is -1.99. The van der Waals surface area contributed by atoms with Gasteiger partial charge in [0, 0.05) is 6.42 Å². The molecule has 0 spiro atoms. The maximum Gasteiger partial charge on any atom is 0.199 e. The average Bonchev–Trinajstić information content (AvgIpc) is 2.21. The number of hydrogen-bond acceptors (Lipinski definition) is 2. The Kier molecular flexibility index (Phi) is 3.80. The molecule has 0 saturated carbocycles. The number of ketones is 1. The Morgan fingerprint density at radius 1 is 1.21 bits per heavy atom. The Hall–Kier alpha value is -1.70. The van der Waals surface area contributed by atoms with Gasteiger partial charge >= 0.3 is 0 Å². The van der Waals surface area contributed by atoms with Crippen LogP contribution in [0.2, 0.25) is 0 Å². The van der Waals surface area contributed by atoms with E-state index in [1.54, 1.807) is 0 Å². The lowest BCUT2D eigenvalue weighted by molar-refractivity contribution is -0.129. The summed E-state index contributed by atoms with van der Waals surface area (Å²) in [5.74, 6) is -0.388. The first kappa shape index (κ1) is 10.4. The van der Waals surface area contributed by atoms with Crippen LogP contribution in [0.25, 0.3) is 0 Å². The predicted molar refractivity (Wildman–Crippen MR) is 55.1 cm³/mol. The van der Waals surface area contributed by atoms with Gasteiger partial charge in [-0.05, 0) is 17.5 Å². The number of Topliss-reactive ketones (excluding diaryl/α,β-unsaturated/α-hetero) is 1. The number of hydrogen-bond donors (Lipinski definition) is 0. The molecule has 14 heavy (non-hydrogen) atoms. The van der Waals surface area contributed by atoms with Crippen molar-refractivity contribution in [3.05, 3.63) is 48.0 Å². The topological polar surface area (TPSA) is 34.1 Å². The molecule has 0 aliphatic rings. The molecule has 0 heterocycles. The van der Waals surface area contributed by atoms with Crippen LogP contribution in [-0.2, 0) is 22.4 Å². The van der Waals surface area contributed by atoms with Crippen molar-refractivity contribution in [1.29, 1.82) is 0 Å². The highest BCUT2D eigenvalue weighted by Crippen LogP contribution is 2.06. The second-order valence-electron chi connectivity index (χ2n) is 3.07. The molecule has 0 aromatic heterocycles. The summed E-state index contributed by atoms with van der Waals surface area (Å²) in [4.78, 5) is 20.9. The van der Waals surface area contributed by atoms with Crippen LogP contribution in [0.4, 0.5) is 0 Å². The zero-order valence-corrected chi connectivity index (χ0v) is 7.90. The molecule has 1 aromatic carbocycles. The van der Waals surface area contributed by atoms with Crippen LogP contribution < -0.4 is 0 Å². The Morgan fingerprint density at radius 3 is 2.29 bits per heavy atom. The highest BCUT2D eigenvalue weighted by molar-refractivity contribution is 6.25. The van der Waals surface area contributed by atoms with Gasteiger partial charge in [0.1, 0.15) is 0 Å². The van der Waals surface area contributed by atoms with E-state index in [4.69, 9.17) is 0 Å². The predicted octanol–water partition coefficient (Wildman–Crippen LogP) is 1.73. The highest BCUT2D eigenvalue weighted by Gasteiger charge is 2.00. The van der Waals surface area contributed by atoms with Crippen molar-refractivity contribution < 1.29 is 9.59 Å². The number of carbonyl (C=O) groups excluding carboxylic acids is 2. The molecular formula is C12H12O2. The third-order valence-corrected chi connectivity index (χ3v) is 1.91. The molecule has 0 N–H and O–H groups in total. The summed E-state index contributed by atoms with van der Waals surface area (Å²) in [7, 11) is 0. The van der Waals surface area contributed by atoms with Gasteiger partial charge in [0.2, 0.25) is 0 Å². The number of carbonyl (C=O) groups is 2. The van der Waals surface area contributed by atoms with Crippen LogP contribution in [0.5, 0.6) is 0 Å². The van der Waals surface area contributed by atoms with E-state index in [1.165, 1.54) is 0 Å². The monoisotopic (exact) mass is 188 g/mol. The van der Waals surface area contributed by atoms with Gasteiger partial charge in [-0.1, -0.05) is 30.3 Å². The summed E-state index contributed by atoms with van der Waals surface area (Å²) in [5, 5.41) is 0. The Labute approximate surface area is 83.3 Å². The molecule has 2 heteroatoms. The molecule has 1 aromatic rings. The number of aldehydes is 1. The SMILES string of the molecule is C=CCc1ccc(CC(=O)C=O)cc1. The third-order valence-electron chi connectivity index (χ3n) is 1.91. The standard InChI is InChI=1S/C12H12O2/c1-2-3-10-4-6-11(7-5-10)8-12(14)9-13/h2,4-7,9H,1,3,8H2. The first-order chi connectivity index (χ1) is 6.76. The van der Waals surface area contributed by atoms with E-state index in [-0.39, 0.29) is 12.2 Å². The molecule has 0 amide bonds. The third kappa shape index (κ3) is 2.98. The van der Waals surface area contributed by atoms with Crippen molar-refractivity contribution in [1.82, 2.24) is 0 Å². The zero-order chi connectivity index (χ0) is 10.4. The minimum Gasteiger partial charge on any atom is -0.295 e. The molecule has 0 fully saturated rings. The van der Waals surface area contributed by atoms with Crippen molar-refractivity contribution in [2.24, 2.45) is 0 Å². The zero-order valence-electron chi connectivity index (χ0n) is 7.90. The van der Waals surface area contributed by atoms with Gasteiger partial charge in [0.15, 0.2) is 12.1 Å². The van der Waals surface area contributed by atoms with E-state index >= 15 is 0 Å². The van der Waals surface area contributed by atoms with Gasteiger partial charge in [-0.2, -0.15) is 0 Å². The fraction of sp³-hybridized carbons (Fsp3) is 0.167. The first-order valence-electron chi connectivity index (χ1n) is 4.43. The summed E-state index contributed by atoms with van der Waals surface area (Å²) < 4.78 is 0. The second kappa shape index (κ2) is 5.12. The van der Waals surface area contributed by atoms with Gasteiger partial charge in [0.05, 0.1) is 0 Å². The molecule has 1 rings (SSSR count). The number of allylic oxidation sites excluding steroid dienone is 1. The Balaban J connectivity index is 2.68. The summed E-state index contributed by atoms with van der Waals surface area (Å²) in [6.45, 7) is 3.64. The van der Waals surface area contributed by atoms with Crippen molar-refractivity contribution in [3.63, 3.8) is 0 Å². The molecule has 0 saturated heterocycles. The van der Waals surface area contributed by atoms with Crippen molar-refractivity contribution in [3.8, 4) is 0 Å². The Bertz CT molecular complexity index is 336. The van der Waals surface area contributed by atoms with Crippen LogP contribution in [0, 0.1) is 0 Å². The summed E-state index contributed by atoms with van der Waals surface area (Å²) in [5.41, 5.74) is 2.03. The number of benzene rings is 1. The smallest absolute Gasteiger partial charge is 0.199 e. The van der Waals surface area contributed by atoms with Crippen LogP contribution in [0.15, 0.2) is 36.9 Å². The molecule has 0 bridgehead atoms. The van der Waals surface area contributed by atoms with E-state index in [1.807, 2.05) is 30.3 Å². The van der Waals surface area contributed by atoms with E-state index in [0.29, 0.717) is 6.29 Å². The Morgan fingerprint density at radius 2 is 1.79 bits per heavy atom. The number of rotatable bonds is 5. The van der Waals surface area contributed by atoms with E-state index < -0.39 is 0 Å².